The molecular formula is C13H14FN3O3. The van der Waals surface area contributed by atoms with Gasteiger partial charge in [-0.3, -0.25) is 14.9 Å². The summed E-state index contributed by atoms with van der Waals surface area (Å²) in [5.74, 6) is -1.65. The van der Waals surface area contributed by atoms with E-state index >= 15 is 0 Å². The first-order valence-corrected chi connectivity index (χ1v) is 6.07. The first-order chi connectivity index (χ1) is 9.41. The van der Waals surface area contributed by atoms with Gasteiger partial charge in [-0.05, 0) is 18.9 Å². The second-order valence-corrected chi connectivity index (χ2v) is 4.25. The molecule has 0 bridgehead atoms. The largest absolute Gasteiger partial charge is 0.317 e. The van der Waals surface area contributed by atoms with Gasteiger partial charge in [0.05, 0.1) is 11.0 Å². The Hall–Kier alpha value is -2.49. The number of nitro benzene ring substituents is 1. The zero-order valence-corrected chi connectivity index (χ0v) is 11.1. The van der Waals surface area contributed by atoms with Crippen molar-refractivity contribution < 1.29 is 14.1 Å². The maximum Gasteiger partial charge on any atom is 0.295 e. The van der Waals surface area contributed by atoms with Crippen molar-refractivity contribution in [2.24, 2.45) is 5.41 Å². The number of nitrogens with zero attached hydrogens (tertiary/aromatic N) is 2. The Kier molecular flexibility index (Phi) is 4.75. The predicted molar refractivity (Wildman–Crippen MR) is 70.3 cm³/mol. The molecule has 106 valence electrons. The van der Waals surface area contributed by atoms with Crippen molar-refractivity contribution in [2.45, 2.75) is 26.7 Å². The zero-order chi connectivity index (χ0) is 15.3. The summed E-state index contributed by atoms with van der Waals surface area (Å²) in [5.41, 5.74) is -2.38. The molecule has 0 aromatic heterocycles. The molecule has 0 atom stereocenters. The highest BCUT2D eigenvalue weighted by atomic mass is 19.1. The van der Waals surface area contributed by atoms with Gasteiger partial charge in [-0.1, -0.05) is 19.9 Å². The number of rotatable bonds is 5. The summed E-state index contributed by atoms with van der Waals surface area (Å²) < 4.78 is 13.7. The predicted octanol–water partition coefficient (Wildman–Crippen LogP) is 3.00. The Morgan fingerprint density at radius 2 is 2.10 bits per heavy atom. The standard InChI is InChI=1S/C13H14FN3O3/c1-3-13(4-2,8-15)12(18)16-11-9(14)6-5-7-10(11)17(19)20/h5-7H,3-4H2,1-2H3,(H,16,18). The molecule has 6 nitrogen and oxygen atoms in total. The smallest absolute Gasteiger partial charge is 0.295 e. The lowest BCUT2D eigenvalue weighted by Crippen LogP contribution is -2.34. The van der Waals surface area contributed by atoms with Crippen LogP contribution in [0.4, 0.5) is 15.8 Å². The molecular weight excluding hydrogens is 265 g/mol. The highest BCUT2D eigenvalue weighted by Gasteiger charge is 2.36. The molecule has 1 aromatic carbocycles. The van der Waals surface area contributed by atoms with Crippen molar-refractivity contribution in [3.05, 3.63) is 34.1 Å². The number of nitro groups is 1. The van der Waals surface area contributed by atoms with Crippen LogP contribution in [0.3, 0.4) is 0 Å². The molecule has 0 unspecified atom stereocenters. The first-order valence-electron chi connectivity index (χ1n) is 6.07. The van der Waals surface area contributed by atoms with Gasteiger partial charge in [0, 0.05) is 6.07 Å². The molecule has 0 saturated carbocycles. The van der Waals surface area contributed by atoms with Crippen molar-refractivity contribution in [3.8, 4) is 6.07 Å². The zero-order valence-electron chi connectivity index (χ0n) is 11.1. The number of amides is 1. The lowest BCUT2D eigenvalue weighted by Gasteiger charge is -2.22. The summed E-state index contributed by atoms with van der Waals surface area (Å²) in [4.78, 5) is 22.2. The molecule has 0 aliphatic heterocycles. The van der Waals surface area contributed by atoms with E-state index in [1.165, 1.54) is 6.07 Å². The van der Waals surface area contributed by atoms with E-state index in [0.717, 1.165) is 12.1 Å². The van der Waals surface area contributed by atoms with Gasteiger partial charge in [0.25, 0.3) is 5.69 Å². The minimum absolute atomic E-state index is 0.230. The van der Waals surface area contributed by atoms with Crippen molar-refractivity contribution >= 4 is 17.3 Å². The number of hydrogen-bond acceptors (Lipinski definition) is 4. The summed E-state index contributed by atoms with van der Waals surface area (Å²) in [6, 6.07) is 5.18. The van der Waals surface area contributed by atoms with E-state index in [4.69, 9.17) is 5.26 Å². The van der Waals surface area contributed by atoms with Crippen molar-refractivity contribution in [2.75, 3.05) is 5.32 Å². The molecule has 0 radical (unpaired) electrons. The fourth-order valence-electron chi connectivity index (χ4n) is 1.80. The Morgan fingerprint density at radius 3 is 2.55 bits per heavy atom. The van der Waals surface area contributed by atoms with E-state index in [1.807, 2.05) is 6.07 Å². The summed E-state index contributed by atoms with van der Waals surface area (Å²) in [7, 11) is 0. The lowest BCUT2D eigenvalue weighted by molar-refractivity contribution is -0.384. The average Bonchev–Trinajstić information content (AvgIpc) is 2.43. The fraction of sp³-hybridized carbons (Fsp3) is 0.385. The van der Waals surface area contributed by atoms with Crippen molar-refractivity contribution in [1.29, 1.82) is 5.26 Å². The van der Waals surface area contributed by atoms with E-state index in [9.17, 15) is 19.3 Å². The highest BCUT2D eigenvalue weighted by Crippen LogP contribution is 2.31. The number of nitrogens with one attached hydrogen (secondary N) is 1. The van der Waals surface area contributed by atoms with Crippen LogP contribution in [0.2, 0.25) is 0 Å². The highest BCUT2D eigenvalue weighted by molar-refractivity contribution is 5.98. The maximum atomic E-state index is 13.7. The summed E-state index contributed by atoms with van der Waals surface area (Å²) in [6.45, 7) is 3.31. The topological polar surface area (TPSA) is 96.0 Å². The van der Waals surface area contributed by atoms with Gasteiger partial charge in [-0.15, -0.1) is 0 Å². The molecule has 0 aliphatic rings. The molecule has 7 heteroatoms. The molecule has 0 fully saturated rings. The first kappa shape index (κ1) is 15.6. The van der Waals surface area contributed by atoms with Crippen LogP contribution in [-0.2, 0) is 4.79 Å². The van der Waals surface area contributed by atoms with Crippen LogP contribution in [0.1, 0.15) is 26.7 Å². The number of nitriles is 1. The monoisotopic (exact) mass is 279 g/mol. The third-order valence-corrected chi connectivity index (χ3v) is 3.28. The van der Waals surface area contributed by atoms with Crippen LogP contribution >= 0.6 is 0 Å². The second-order valence-electron chi connectivity index (χ2n) is 4.25. The molecule has 20 heavy (non-hydrogen) atoms. The van der Waals surface area contributed by atoms with Crippen molar-refractivity contribution in [1.82, 2.24) is 0 Å². The van der Waals surface area contributed by atoms with E-state index in [2.05, 4.69) is 5.32 Å². The average molecular weight is 279 g/mol. The van der Waals surface area contributed by atoms with Crippen LogP contribution in [-0.4, -0.2) is 10.8 Å². The number of carbonyl (C=O) groups excluding carboxylic acids is 1. The van der Waals surface area contributed by atoms with E-state index in [-0.39, 0.29) is 12.8 Å². The molecule has 0 saturated heterocycles. The minimum Gasteiger partial charge on any atom is -0.317 e. The van der Waals surface area contributed by atoms with Gasteiger partial charge in [-0.2, -0.15) is 5.26 Å². The lowest BCUT2D eigenvalue weighted by atomic mass is 9.83. The molecule has 1 amide bonds. The summed E-state index contributed by atoms with van der Waals surface area (Å²) >= 11 is 0. The molecule has 0 spiro atoms. The van der Waals surface area contributed by atoms with Crippen molar-refractivity contribution in [3.63, 3.8) is 0 Å². The number of hydrogen-bond donors (Lipinski definition) is 1. The van der Waals surface area contributed by atoms with Crippen LogP contribution in [0.15, 0.2) is 18.2 Å². The normalized spacial score (nSPS) is 10.7. The summed E-state index contributed by atoms with van der Waals surface area (Å²) in [5, 5.41) is 22.1. The van der Waals surface area contributed by atoms with Gasteiger partial charge in [0.2, 0.25) is 5.91 Å². The van der Waals surface area contributed by atoms with Gasteiger partial charge >= 0.3 is 0 Å². The minimum atomic E-state index is -1.32. The number of anilines is 1. The number of carbonyl (C=O) groups is 1. The van der Waals surface area contributed by atoms with Gasteiger partial charge < -0.3 is 5.32 Å². The third-order valence-electron chi connectivity index (χ3n) is 3.28. The number of para-hydroxylation sites is 1. The van der Waals surface area contributed by atoms with Crippen LogP contribution in [0.25, 0.3) is 0 Å². The SMILES string of the molecule is CCC(C#N)(CC)C(=O)Nc1c(F)cccc1[N+](=O)[O-]. The van der Waals surface area contributed by atoms with Gasteiger partial charge in [-0.25, -0.2) is 4.39 Å². The van der Waals surface area contributed by atoms with Crippen LogP contribution < -0.4 is 5.32 Å². The van der Waals surface area contributed by atoms with Crippen LogP contribution in [0.5, 0.6) is 0 Å². The maximum absolute atomic E-state index is 13.7. The van der Waals surface area contributed by atoms with E-state index in [1.54, 1.807) is 13.8 Å². The molecule has 1 N–H and O–H groups in total. The Balaban J connectivity index is 3.21. The van der Waals surface area contributed by atoms with E-state index < -0.39 is 33.4 Å². The number of benzene rings is 1. The van der Waals surface area contributed by atoms with Crippen LogP contribution in [0, 0.1) is 32.7 Å². The van der Waals surface area contributed by atoms with Gasteiger partial charge in [0.15, 0.2) is 11.5 Å². The van der Waals surface area contributed by atoms with E-state index in [0.29, 0.717) is 0 Å². The fourth-order valence-corrected chi connectivity index (χ4v) is 1.80. The Bertz CT molecular complexity index is 577. The second kappa shape index (κ2) is 6.10. The quantitative estimate of drug-likeness (QED) is 0.661. The summed E-state index contributed by atoms with van der Waals surface area (Å²) in [6.07, 6.45) is 0.460. The number of halogens is 1. The molecule has 1 rings (SSSR count). The Morgan fingerprint density at radius 1 is 1.50 bits per heavy atom. The van der Waals surface area contributed by atoms with Gasteiger partial charge in [0.1, 0.15) is 5.41 Å². The third kappa shape index (κ3) is 2.74. The molecule has 0 heterocycles. The Labute approximate surface area is 115 Å². The molecule has 1 aromatic rings. The molecule has 0 aliphatic carbocycles.